The smallest absolute Gasteiger partial charge is 0.412 e. The first-order valence-corrected chi connectivity index (χ1v) is 8.97. The number of methoxy groups -OCH3 is 1. The molecule has 6 nitrogen and oxygen atoms in total. The van der Waals surface area contributed by atoms with Gasteiger partial charge in [0.1, 0.15) is 10.8 Å². The first-order chi connectivity index (χ1) is 12.1. The Labute approximate surface area is 150 Å². The van der Waals surface area contributed by atoms with Crippen molar-refractivity contribution >= 4 is 34.0 Å². The van der Waals surface area contributed by atoms with Crippen LogP contribution in [0.25, 0.3) is 0 Å². The zero-order valence-corrected chi connectivity index (χ0v) is 15.0. The number of hydrogen-bond acceptors (Lipinski definition) is 5. The fourth-order valence-corrected chi connectivity index (χ4v) is 4.16. The van der Waals surface area contributed by atoms with Crippen LogP contribution in [0.2, 0.25) is 0 Å². The first kappa shape index (κ1) is 17.3. The van der Waals surface area contributed by atoms with Crippen LogP contribution in [0.15, 0.2) is 24.3 Å². The van der Waals surface area contributed by atoms with Crippen LogP contribution in [-0.4, -0.2) is 25.7 Å². The van der Waals surface area contributed by atoms with E-state index in [-0.39, 0.29) is 12.5 Å². The molecule has 0 saturated carbocycles. The maximum atomic E-state index is 12.9. The molecule has 0 aliphatic heterocycles. The SMILES string of the molecule is CCOC(=O)Nc1sc2c(c1C(=O)Nc1cccc(OC)c1)CCC2. The Bertz CT molecular complexity index is 800. The van der Waals surface area contributed by atoms with Crippen LogP contribution < -0.4 is 15.4 Å². The van der Waals surface area contributed by atoms with Crippen molar-refractivity contribution < 1.29 is 19.1 Å². The van der Waals surface area contributed by atoms with Crippen molar-refractivity contribution in [3.8, 4) is 5.75 Å². The summed E-state index contributed by atoms with van der Waals surface area (Å²) in [7, 11) is 1.58. The van der Waals surface area contributed by atoms with Crippen LogP contribution in [0.4, 0.5) is 15.5 Å². The standard InChI is InChI=1S/C18H20N2O4S/c1-3-24-18(22)20-17-15(13-8-5-9-14(13)25-17)16(21)19-11-6-4-7-12(10-11)23-2/h4,6-7,10H,3,5,8-9H2,1-2H3,(H,19,21)(H,20,22). The van der Waals surface area contributed by atoms with Gasteiger partial charge < -0.3 is 14.8 Å². The maximum Gasteiger partial charge on any atom is 0.412 e. The molecule has 1 heterocycles. The van der Waals surface area contributed by atoms with E-state index in [1.165, 1.54) is 11.3 Å². The first-order valence-electron chi connectivity index (χ1n) is 8.16. The Balaban J connectivity index is 1.86. The molecule has 25 heavy (non-hydrogen) atoms. The van der Waals surface area contributed by atoms with E-state index < -0.39 is 6.09 Å². The lowest BCUT2D eigenvalue weighted by molar-refractivity contribution is 0.102. The van der Waals surface area contributed by atoms with Crippen LogP contribution in [0, 0.1) is 0 Å². The highest BCUT2D eigenvalue weighted by molar-refractivity contribution is 7.17. The number of rotatable bonds is 5. The van der Waals surface area contributed by atoms with Gasteiger partial charge in [0.05, 0.1) is 19.3 Å². The minimum absolute atomic E-state index is 0.237. The highest BCUT2D eigenvalue weighted by atomic mass is 32.1. The molecular formula is C18H20N2O4S. The Morgan fingerprint density at radius 1 is 1.24 bits per heavy atom. The quantitative estimate of drug-likeness (QED) is 0.843. The second kappa shape index (κ2) is 7.57. The van der Waals surface area contributed by atoms with Gasteiger partial charge in [0.2, 0.25) is 0 Å². The molecule has 0 bridgehead atoms. The van der Waals surface area contributed by atoms with Gasteiger partial charge in [0, 0.05) is 16.6 Å². The van der Waals surface area contributed by atoms with Gasteiger partial charge in [-0.2, -0.15) is 0 Å². The Kier molecular flexibility index (Phi) is 5.23. The molecule has 0 unspecified atom stereocenters. The maximum absolute atomic E-state index is 12.9. The number of ether oxygens (including phenoxy) is 2. The molecule has 0 fully saturated rings. The van der Waals surface area contributed by atoms with Crippen LogP contribution in [-0.2, 0) is 17.6 Å². The van der Waals surface area contributed by atoms with E-state index >= 15 is 0 Å². The van der Waals surface area contributed by atoms with Gasteiger partial charge in [-0.05, 0) is 43.9 Å². The molecule has 0 atom stereocenters. The topological polar surface area (TPSA) is 76.7 Å². The number of aryl methyl sites for hydroxylation is 1. The predicted molar refractivity (Wildman–Crippen MR) is 97.9 cm³/mol. The average molecular weight is 360 g/mol. The number of benzene rings is 1. The van der Waals surface area contributed by atoms with E-state index in [0.717, 1.165) is 29.7 Å². The van der Waals surface area contributed by atoms with E-state index in [1.807, 2.05) is 12.1 Å². The largest absolute Gasteiger partial charge is 0.497 e. The van der Waals surface area contributed by atoms with Crippen molar-refractivity contribution in [2.24, 2.45) is 0 Å². The second-order valence-electron chi connectivity index (χ2n) is 5.59. The number of amides is 2. The molecule has 0 spiro atoms. The Morgan fingerprint density at radius 2 is 2.08 bits per heavy atom. The number of nitrogens with one attached hydrogen (secondary N) is 2. The van der Waals surface area contributed by atoms with Crippen molar-refractivity contribution in [1.82, 2.24) is 0 Å². The lowest BCUT2D eigenvalue weighted by Crippen LogP contribution is -2.18. The summed E-state index contributed by atoms with van der Waals surface area (Å²) in [6.07, 6.45) is 2.26. The van der Waals surface area contributed by atoms with Crippen molar-refractivity contribution in [3.05, 3.63) is 40.3 Å². The number of thiophene rings is 1. The molecule has 0 radical (unpaired) electrons. The van der Waals surface area contributed by atoms with Crippen LogP contribution in [0.3, 0.4) is 0 Å². The van der Waals surface area contributed by atoms with Crippen LogP contribution in [0.1, 0.15) is 34.1 Å². The minimum atomic E-state index is -0.544. The molecule has 1 aliphatic carbocycles. The van der Waals surface area contributed by atoms with Gasteiger partial charge in [-0.15, -0.1) is 11.3 Å². The molecule has 2 amide bonds. The molecule has 1 aromatic heterocycles. The van der Waals surface area contributed by atoms with Gasteiger partial charge in [-0.25, -0.2) is 4.79 Å². The summed E-state index contributed by atoms with van der Waals surface area (Å²) in [6.45, 7) is 2.02. The normalized spacial score (nSPS) is 12.4. The van der Waals surface area contributed by atoms with Gasteiger partial charge in [-0.1, -0.05) is 6.07 Å². The Hall–Kier alpha value is -2.54. The molecule has 132 valence electrons. The van der Waals surface area contributed by atoms with Gasteiger partial charge in [-0.3, -0.25) is 10.1 Å². The van der Waals surface area contributed by atoms with Crippen molar-refractivity contribution in [3.63, 3.8) is 0 Å². The number of anilines is 2. The fourth-order valence-electron chi connectivity index (χ4n) is 2.89. The fraction of sp³-hybridized carbons (Fsp3) is 0.333. The van der Waals surface area contributed by atoms with E-state index in [1.54, 1.807) is 26.2 Å². The average Bonchev–Trinajstić information content (AvgIpc) is 3.15. The molecule has 2 N–H and O–H groups in total. The zero-order valence-electron chi connectivity index (χ0n) is 14.2. The summed E-state index contributed by atoms with van der Waals surface area (Å²) in [5.74, 6) is 0.428. The lowest BCUT2D eigenvalue weighted by atomic mass is 10.1. The number of fused-ring (bicyclic) bond motifs is 1. The third-order valence-corrected chi connectivity index (χ3v) is 5.17. The summed E-state index contributed by atoms with van der Waals surface area (Å²) in [5.41, 5.74) is 2.20. The van der Waals surface area contributed by atoms with Gasteiger partial charge in [0.15, 0.2) is 0 Å². The highest BCUT2D eigenvalue weighted by Crippen LogP contribution is 2.39. The summed E-state index contributed by atoms with van der Waals surface area (Å²) >= 11 is 1.45. The highest BCUT2D eigenvalue weighted by Gasteiger charge is 2.27. The van der Waals surface area contributed by atoms with E-state index in [9.17, 15) is 9.59 Å². The van der Waals surface area contributed by atoms with Gasteiger partial charge >= 0.3 is 6.09 Å². The predicted octanol–water partition coefficient (Wildman–Crippen LogP) is 4.07. The number of carbonyl (C=O) groups excluding carboxylic acids is 2. The van der Waals surface area contributed by atoms with Crippen molar-refractivity contribution in [1.29, 1.82) is 0 Å². The monoisotopic (exact) mass is 360 g/mol. The molecule has 2 aromatic rings. The molecular weight excluding hydrogens is 340 g/mol. The molecule has 1 aromatic carbocycles. The molecule has 1 aliphatic rings. The zero-order chi connectivity index (χ0) is 17.8. The summed E-state index contributed by atoms with van der Waals surface area (Å²) < 4.78 is 10.1. The third kappa shape index (κ3) is 3.76. The van der Waals surface area contributed by atoms with E-state index in [0.29, 0.717) is 22.0 Å². The summed E-state index contributed by atoms with van der Waals surface area (Å²) in [4.78, 5) is 25.8. The Morgan fingerprint density at radius 3 is 2.84 bits per heavy atom. The second-order valence-corrected chi connectivity index (χ2v) is 6.70. The molecule has 0 saturated heterocycles. The van der Waals surface area contributed by atoms with E-state index in [2.05, 4.69) is 10.6 Å². The van der Waals surface area contributed by atoms with Crippen LogP contribution >= 0.6 is 11.3 Å². The summed E-state index contributed by atoms with van der Waals surface area (Å²) in [6, 6.07) is 7.17. The van der Waals surface area contributed by atoms with Gasteiger partial charge in [0.25, 0.3) is 5.91 Å². The van der Waals surface area contributed by atoms with Crippen LogP contribution in [0.5, 0.6) is 5.75 Å². The van der Waals surface area contributed by atoms with E-state index in [4.69, 9.17) is 9.47 Å². The number of hydrogen-bond donors (Lipinski definition) is 2. The summed E-state index contributed by atoms with van der Waals surface area (Å²) in [5, 5.41) is 6.14. The molecule has 3 rings (SSSR count). The lowest BCUT2D eigenvalue weighted by Gasteiger charge is -2.10. The third-order valence-electron chi connectivity index (χ3n) is 3.97. The van der Waals surface area contributed by atoms with Crippen molar-refractivity contribution in [2.75, 3.05) is 24.4 Å². The molecule has 7 heteroatoms. The number of carbonyl (C=O) groups is 2. The van der Waals surface area contributed by atoms with Crippen molar-refractivity contribution in [2.45, 2.75) is 26.2 Å². The minimum Gasteiger partial charge on any atom is -0.497 e.